The number of halogens is 2. The van der Waals surface area contributed by atoms with Crippen LogP contribution in [0.2, 0.25) is 0 Å². The summed E-state index contributed by atoms with van der Waals surface area (Å²) in [6.07, 6.45) is -0.110. The van der Waals surface area contributed by atoms with Crippen LogP contribution in [0.3, 0.4) is 0 Å². The molecule has 0 aromatic heterocycles. The van der Waals surface area contributed by atoms with Crippen LogP contribution in [0.25, 0.3) is 0 Å². The summed E-state index contributed by atoms with van der Waals surface area (Å²) in [5, 5.41) is 12.4. The molecule has 0 saturated carbocycles. The van der Waals surface area contributed by atoms with Crippen LogP contribution in [0, 0.1) is 0 Å². The van der Waals surface area contributed by atoms with E-state index in [1.807, 2.05) is 0 Å². The van der Waals surface area contributed by atoms with Gasteiger partial charge in [0.2, 0.25) is 15.9 Å². The van der Waals surface area contributed by atoms with Gasteiger partial charge in [-0.25, -0.2) is 8.42 Å². The molecular weight excluding hydrogens is 406 g/mol. The number of hydrogen-bond donors (Lipinski definition) is 2. The van der Waals surface area contributed by atoms with Crippen molar-refractivity contribution in [1.29, 1.82) is 0 Å². The molecule has 0 aliphatic heterocycles. The molecule has 0 fully saturated rings. The first kappa shape index (κ1) is 22.6. The van der Waals surface area contributed by atoms with Crippen molar-refractivity contribution in [3.05, 3.63) is 48.0 Å². The first-order chi connectivity index (χ1) is 13.7. The summed E-state index contributed by atoms with van der Waals surface area (Å²) in [6, 6.07) is 9.19. The summed E-state index contributed by atoms with van der Waals surface area (Å²) in [4.78, 5) is 12.2. The van der Waals surface area contributed by atoms with Gasteiger partial charge in [-0.1, -0.05) is 26.0 Å². The van der Waals surface area contributed by atoms with Gasteiger partial charge < -0.3 is 15.2 Å². The van der Waals surface area contributed by atoms with Gasteiger partial charge in [0.25, 0.3) is 0 Å². The van der Waals surface area contributed by atoms with Crippen LogP contribution in [-0.4, -0.2) is 43.4 Å². The minimum Gasteiger partial charge on any atom is -0.506 e. The molecular formula is C19H22F2N2O5S. The van der Waals surface area contributed by atoms with Gasteiger partial charge in [0.05, 0.1) is 17.0 Å². The maximum atomic E-state index is 12.6. The number of ether oxygens (including phenoxy) is 1. The summed E-state index contributed by atoms with van der Waals surface area (Å²) >= 11 is 0. The number of alkyl halides is 2. The molecule has 0 bridgehead atoms. The Hall–Kier alpha value is -2.72. The summed E-state index contributed by atoms with van der Waals surface area (Å²) in [5.41, 5.74) is 0.483. The third kappa shape index (κ3) is 5.88. The number of carbonyl (C=O) groups is 1. The number of sulfonamides is 1. The number of phenols is 1. The number of carbonyl (C=O) groups excluding carboxylic acids is 1. The van der Waals surface area contributed by atoms with Crippen molar-refractivity contribution in [2.24, 2.45) is 0 Å². The second-order valence-corrected chi connectivity index (χ2v) is 7.95. The fourth-order valence-corrected chi connectivity index (χ4v) is 4.14. The molecule has 0 atom stereocenters. The fourth-order valence-electron chi connectivity index (χ4n) is 2.66. The molecule has 0 aliphatic rings. The Bertz CT molecular complexity index is 946. The van der Waals surface area contributed by atoms with E-state index in [0.717, 1.165) is 0 Å². The minimum absolute atomic E-state index is 0.0314. The highest BCUT2D eigenvalue weighted by atomic mass is 32.2. The van der Waals surface area contributed by atoms with Gasteiger partial charge >= 0.3 is 6.61 Å². The number of rotatable bonds is 9. The van der Waals surface area contributed by atoms with Crippen molar-refractivity contribution in [3.63, 3.8) is 0 Å². The molecule has 29 heavy (non-hydrogen) atoms. The normalized spacial score (nSPS) is 11.7. The number of benzene rings is 2. The van der Waals surface area contributed by atoms with E-state index in [0.29, 0.717) is 5.56 Å². The summed E-state index contributed by atoms with van der Waals surface area (Å²) in [7, 11) is -3.75. The lowest BCUT2D eigenvalue weighted by Gasteiger charge is -2.19. The molecule has 1 amide bonds. The van der Waals surface area contributed by atoms with E-state index in [1.54, 1.807) is 13.8 Å². The highest BCUT2D eigenvalue weighted by molar-refractivity contribution is 7.89. The van der Waals surface area contributed by atoms with E-state index >= 15 is 0 Å². The molecule has 0 spiro atoms. The lowest BCUT2D eigenvalue weighted by atomic mass is 10.1. The Kier molecular flexibility index (Phi) is 7.52. The smallest absolute Gasteiger partial charge is 0.387 e. The molecule has 2 aromatic carbocycles. The number of nitrogens with zero attached hydrogens (tertiary/aromatic N) is 1. The van der Waals surface area contributed by atoms with Gasteiger partial charge in [0.1, 0.15) is 11.5 Å². The van der Waals surface area contributed by atoms with E-state index in [4.69, 9.17) is 0 Å². The van der Waals surface area contributed by atoms with Gasteiger partial charge in [-0.15, -0.1) is 0 Å². The van der Waals surface area contributed by atoms with E-state index < -0.39 is 22.5 Å². The predicted molar refractivity (Wildman–Crippen MR) is 104 cm³/mol. The molecule has 7 nitrogen and oxygen atoms in total. The number of amides is 1. The molecule has 0 heterocycles. The lowest BCUT2D eigenvalue weighted by Crippen LogP contribution is -2.30. The van der Waals surface area contributed by atoms with Crippen LogP contribution < -0.4 is 10.1 Å². The molecule has 0 unspecified atom stereocenters. The zero-order chi connectivity index (χ0) is 21.6. The summed E-state index contributed by atoms with van der Waals surface area (Å²) in [5.74, 6) is -0.825. The third-order valence-corrected chi connectivity index (χ3v) is 6.14. The Morgan fingerprint density at radius 1 is 1.14 bits per heavy atom. The molecule has 0 saturated heterocycles. The first-order valence-electron chi connectivity index (χ1n) is 8.84. The van der Waals surface area contributed by atoms with E-state index in [-0.39, 0.29) is 41.6 Å². The third-order valence-electron chi connectivity index (χ3n) is 4.10. The Balaban J connectivity index is 2.14. The SMILES string of the molecule is CCN(CC)S(=O)(=O)c1ccc(O)c(NC(=O)Cc2ccc(OC(F)F)cc2)c1. The second-order valence-electron chi connectivity index (χ2n) is 6.02. The van der Waals surface area contributed by atoms with Crippen LogP contribution >= 0.6 is 0 Å². The molecule has 2 aromatic rings. The predicted octanol–water partition coefficient (Wildman–Crippen LogP) is 3.21. The number of hydrogen-bond acceptors (Lipinski definition) is 5. The zero-order valence-electron chi connectivity index (χ0n) is 15.9. The van der Waals surface area contributed by atoms with Gasteiger partial charge in [-0.05, 0) is 35.9 Å². The lowest BCUT2D eigenvalue weighted by molar-refractivity contribution is -0.115. The number of anilines is 1. The molecule has 2 rings (SSSR count). The summed E-state index contributed by atoms with van der Waals surface area (Å²) < 4.78 is 55.1. The molecule has 158 valence electrons. The highest BCUT2D eigenvalue weighted by Crippen LogP contribution is 2.28. The Morgan fingerprint density at radius 2 is 1.76 bits per heavy atom. The summed E-state index contributed by atoms with van der Waals surface area (Å²) in [6.45, 7) is 1.05. The zero-order valence-corrected chi connectivity index (χ0v) is 16.7. The number of aromatic hydroxyl groups is 1. The maximum absolute atomic E-state index is 12.6. The van der Waals surface area contributed by atoms with Crippen molar-refractivity contribution >= 4 is 21.6 Å². The molecule has 0 radical (unpaired) electrons. The Morgan fingerprint density at radius 3 is 2.31 bits per heavy atom. The van der Waals surface area contributed by atoms with Crippen LogP contribution in [0.1, 0.15) is 19.4 Å². The minimum atomic E-state index is -3.75. The van der Waals surface area contributed by atoms with E-state index in [9.17, 15) is 27.1 Å². The largest absolute Gasteiger partial charge is 0.506 e. The van der Waals surface area contributed by atoms with Gasteiger partial charge in [-0.3, -0.25) is 4.79 Å². The van der Waals surface area contributed by atoms with Gasteiger partial charge in [0, 0.05) is 13.1 Å². The quantitative estimate of drug-likeness (QED) is 0.598. The topological polar surface area (TPSA) is 95.9 Å². The van der Waals surface area contributed by atoms with E-state index in [2.05, 4.69) is 10.1 Å². The standard InChI is InChI=1S/C19H22F2N2O5S/c1-3-23(4-2)29(26,27)15-9-10-17(24)16(12-15)22-18(25)11-13-5-7-14(8-6-13)28-19(20)21/h5-10,12,19,24H,3-4,11H2,1-2H3,(H,22,25). The van der Waals surface area contributed by atoms with Gasteiger partial charge in [-0.2, -0.15) is 13.1 Å². The van der Waals surface area contributed by atoms with E-state index in [1.165, 1.54) is 46.8 Å². The molecule has 2 N–H and O–H groups in total. The maximum Gasteiger partial charge on any atom is 0.387 e. The van der Waals surface area contributed by atoms with Gasteiger partial charge in [0.15, 0.2) is 0 Å². The monoisotopic (exact) mass is 428 g/mol. The average molecular weight is 428 g/mol. The van der Waals surface area contributed by atoms with Crippen molar-refractivity contribution in [1.82, 2.24) is 4.31 Å². The average Bonchev–Trinajstić information content (AvgIpc) is 2.65. The number of phenolic OH excluding ortho intramolecular Hbond substituents is 1. The van der Waals surface area contributed by atoms with Crippen molar-refractivity contribution < 1.29 is 31.8 Å². The van der Waals surface area contributed by atoms with Crippen LogP contribution in [0.5, 0.6) is 11.5 Å². The van der Waals surface area contributed by atoms with Crippen LogP contribution in [0.15, 0.2) is 47.4 Å². The van der Waals surface area contributed by atoms with Crippen LogP contribution in [-0.2, 0) is 21.2 Å². The second kappa shape index (κ2) is 9.66. The van der Waals surface area contributed by atoms with Crippen molar-refractivity contribution in [3.8, 4) is 11.5 Å². The fraction of sp³-hybridized carbons (Fsp3) is 0.316. The van der Waals surface area contributed by atoms with Crippen molar-refractivity contribution in [2.75, 3.05) is 18.4 Å². The molecule has 0 aliphatic carbocycles. The molecule has 10 heteroatoms. The highest BCUT2D eigenvalue weighted by Gasteiger charge is 2.23. The Labute approximate surface area is 168 Å². The van der Waals surface area contributed by atoms with Crippen LogP contribution in [0.4, 0.5) is 14.5 Å². The first-order valence-corrected chi connectivity index (χ1v) is 10.3. The van der Waals surface area contributed by atoms with Crippen molar-refractivity contribution in [2.45, 2.75) is 31.8 Å². The number of nitrogens with one attached hydrogen (secondary N) is 1.